The number of esters is 2. The van der Waals surface area contributed by atoms with Crippen molar-refractivity contribution >= 4 is 17.9 Å². The third kappa shape index (κ3) is 85.2. The number of nitrogens with zero attached hydrogens (tertiary/aromatic N) is 1. The summed E-state index contributed by atoms with van der Waals surface area (Å²) in [5.74, 6) is -2.11. The Hall–Kier alpha value is -7.95. The molecule has 107 heavy (non-hydrogen) atoms. The first kappa shape index (κ1) is 99.0. The maximum Gasteiger partial charge on any atom is 0.361 e. The Morgan fingerprint density at radius 3 is 0.738 bits per heavy atom. The van der Waals surface area contributed by atoms with Crippen molar-refractivity contribution < 1.29 is 42.9 Å². The Balaban J connectivity index is 4.28. The molecule has 0 spiro atoms. The van der Waals surface area contributed by atoms with Crippen molar-refractivity contribution in [3.05, 3.63) is 292 Å². The summed E-state index contributed by atoms with van der Waals surface area (Å²) >= 11 is 0. The van der Waals surface area contributed by atoms with Crippen LogP contribution in [-0.2, 0) is 33.3 Å². The van der Waals surface area contributed by atoms with E-state index in [1.807, 2.05) is 21.1 Å². The van der Waals surface area contributed by atoms with Crippen LogP contribution in [0.25, 0.3) is 0 Å². The van der Waals surface area contributed by atoms with E-state index in [1.54, 1.807) is 0 Å². The Bertz CT molecular complexity index is 2880. The van der Waals surface area contributed by atoms with Crippen molar-refractivity contribution in [3.8, 4) is 0 Å². The molecule has 0 aliphatic rings. The highest BCUT2D eigenvalue weighted by atomic mass is 16.7. The van der Waals surface area contributed by atoms with Gasteiger partial charge in [0.05, 0.1) is 34.4 Å². The summed E-state index contributed by atoms with van der Waals surface area (Å²) in [5.41, 5.74) is 0. The fourth-order valence-electron chi connectivity index (χ4n) is 9.74. The van der Waals surface area contributed by atoms with E-state index in [0.29, 0.717) is 23.9 Å². The number of ether oxygens (including phenoxy) is 4. The zero-order valence-corrected chi connectivity index (χ0v) is 67.4. The molecule has 0 saturated heterocycles. The molecule has 0 heterocycles. The minimum absolute atomic E-state index is 0.161. The van der Waals surface area contributed by atoms with E-state index in [-0.39, 0.29) is 38.6 Å². The average Bonchev–Trinajstić information content (AvgIpc) is 0.928. The van der Waals surface area contributed by atoms with Crippen molar-refractivity contribution in [1.82, 2.24) is 0 Å². The Kier molecular flexibility index (Phi) is 77.5. The van der Waals surface area contributed by atoms with Gasteiger partial charge in [-0.3, -0.25) is 9.59 Å². The highest BCUT2D eigenvalue weighted by molar-refractivity contribution is 5.71. The topological polar surface area (TPSA) is 108 Å². The molecule has 0 rings (SSSR count). The molecule has 2 unspecified atom stereocenters. The van der Waals surface area contributed by atoms with Gasteiger partial charge < -0.3 is 28.5 Å². The van der Waals surface area contributed by atoms with Gasteiger partial charge in [0, 0.05) is 12.8 Å². The Morgan fingerprint density at radius 2 is 0.505 bits per heavy atom. The van der Waals surface area contributed by atoms with E-state index in [1.165, 1.54) is 0 Å². The molecule has 9 nitrogen and oxygen atoms in total. The van der Waals surface area contributed by atoms with E-state index in [9.17, 15) is 19.5 Å². The lowest BCUT2D eigenvalue weighted by molar-refractivity contribution is -0.870. The van der Waals surface area contributed by atoms with E-state index >= 15 is 0 Å². The predicted octanol–water partition coefficient (Wildman–Crippen LogP) is 27.0. The van der Waals surface area contributed by atoms with Crippen LogP contribution in [0, 0.1) is 0 Å². The highest BCUT2D eigenvalue weighted by Gasteiger charge is 2.25. The number of allylic oxidation sites excluding steroid dienone is 48. The number of unbranched alkanes of at least 4 members (excludes halogenated alkanes) is 8. The number of hydrogen-bond donors (Lipinski definition) is 1. The largest absolute Gasteiger partial charge is 0.477 e. The van der Waals surface area contributed by atoms with Gasteiger partial charge in [-0.1, -0.05) is 331 Å². The molecule has 0 bridgehead atoms. The third-order valence-corrected chi connectivity index (χ3v) is 15.9. The second-order valence-electron chi connectivity index (χ2n) is 26.9. The van der Waals surface area contributed by atoms with Gasteiger partial charge in [-0.25, -0.2) is 4.79 Å². The quantitative estimate of drug-likeness (QED) is 0.0211. The molecule has 0 fully saturated rings. The third-order valence-electron chi connectivity index (χ3n) is 15.9. The fourth-order valence-corrected chi connectivity index (χ4v) is 9.74. The summed E-state index contributed by atoms with van der Waals surface area (Å²) < 4.78 is 22.9. The molecule has 0 amide bonds. The van der Waals surface area contributed by atoms with Crippen molar-refractivity contribution in [3.63, 3.8) is 0 Å². The summed E-state index contributed by atoms with van der Waals surface area (Å²) in [6.07, 6.45) is 137. The second-order valence-corrected chi connectivity index (χ2v) is 26.9. The van der Waals surface area contributed by atoms with Crippen molar-refractivity contribution in [1.29, 1.82) is 0 Å². The van der Waals surface area contributed by atoms with Gasteiger partial charge in [-0.05, 0) is 193 Å². The van der Waals surface area contributed by atoms with Gasteiger partial charge in [0.25, 0.3) is 6.29 Å². The Morgan fingerprint density at radius 1 is 0.280 bits per heavy atom. The highest BCUT2D eigenvalue weighted by Crippen LogP contribution is 2.13. The van der Waals surface area contributed by atoms with Gasteiger partial charge in [0.1, 0.15) is 13.2 Å². The number of hydrogen-bond acceptors (Lipinski definition) is 7. The predicted molar refractivity (Wildman–Crippen MR) is 464 cm³/mol. The summed E-state index contributed by atoms with van der Waals surface area (Å²) in [5, 5.41) is 9.77. The molecule has 0 aromatic rings. The first-order chi connectivity index (χ1) is 52.6. The summed E-state index contributed by atoms with van der Waals surface area (Å²) in [6.45, 7) is 4.54. The van der Waals surface area contributed by atoms with Gasteiger partial charge in [-0.15, -0.1) is 0 Å². The van der Waals surface area contributed by atoms with Crippen LogP contribution in [0.2, 0.25) is 0 Å². The first-order valence-electron chi connectivity index (χ1n) is 40.8. The summed E-state index contributed by atoms with van der Waals surface area (Å²) in [6, 6.07) is 0. The molecule has 0 radical (unpaired) electrons. The molecule has 590 valence electrons. The van der Waals surface area contributed by atoms with Gasteiger partial charge in [0.15, 0.2) is 6.10 Å². The zero-order chi connectivity index (χ0) is 77.4. The van der Waals surface area contributed by atoms with Crippen LogP contribution in [0.15, 0.2) is 292 Å². The normalized spacial score (nSPS) is 14.2. The van der Waals surface area contributed by atoms with Crippen LogP contribution >= 0.6 is 0 Å². The number of carboxylic acids is 1. The molecule has 9 heteroatoms. The number of carbonyl (C=O) groups is 3. The number of likely N-dealkylation sites (N-methyl/N-ethyl adjacent to an activating group) is 1. The van der Waals surface area contributed by atoms with Crippen molar-refractivity contribution in [2.45, 2.75) is 257 Å². The number of aliphatic carboxylic acids is 1. The maximum atomic E-state index is 13.0. The molecular formula is C98H146NO8+. The smallest absolute Gasteiger partial charge is 0.361 e. The summed E-state index contributed by atoms with van der Waals surface area (Å²) in [7, 11) is 5.94. The minimum Gasteiger partial charge on any atom is -0.477 e. The van der Waals surface area contributed by atoms with E-state index in [2.05, 4.69) is 305 Å². The fraction of sp³-hybridized carbons (Fsp3) is 0.480. The van der Waals surface area contributed by atoms with E-state index in [4.69, 9.17) is 18.9 Å². The first-order valence-corrected chi connectivity index (χ1v) is 40.8. The number of carbonyl (C=O) groups excluding carboxylic acids is 2. The van der Waals surface area contributed by atoms with Gasteiger partial charge in [-0.2, -0.15) is 0 Å². The van der Waals surface area contributed by atoms with Gasteiger partial charge >= 0.3 is 17.9 Å². The average molecular weight is 1470 g/mol. The van der Waals surface area contributed by atoms with E-state index < -0.39 is 24.3 Å². The standard InChI is InChI=1S/C98H145NO8/c1-6-8-10-12-14-16-18-20-22-24-26-28-30-32-34-36-38-40-42-44-46-48-50-52-54-56-58-60-62-64-66-68-70-72-74-76-78-80-82-84-86-88-95(100)105-92-94(93-106-98(97(102)103)104-91-90-99(3,4)5)107-96(101)89-87-85-83-81-79-77-75-73-71-69-67-65-63-61-59-57-55-53-51-49-47-45-43-41-39-37-35-33-31-29-27-25-23-21-19-17-15-13-11-9-7-2/h8-11,14-17,20-23,26-29,32-35,38-41,44-47,50-53,56-59,62-65,68-71,74-77,94,98H,6-7,12-13,18-19,24-25,30-31,36-37,42-43,48-49,54-55,60-61,66-67,72-73,78-93H2,1-5H3/p+1/b10-8-,11-9-,16-14-,17-15-,22-20-,23-21-,28-26-,29-27-,34-32-,35-33-,40-38-,41-39-,46-44-,47-45-,52-50-,53-51-,58-56-,59-57-,64-62-,65-63-,70-68-,71-69-,76-74-,77-75-. The zero-order valence-electron chi connectivity index (χ0n) is 67.4. The van der Waals surface area contributed by atoms with E-state index in [0.717, 1.165) is 205 Å². The monoisotopic (exact) mass is 1470 g/mol. The van der Waals surface area contributed by atoms with Crippen molar-refractivity contribution in [2.75, 3.05) is 47.5 Å². The second kappa shape index (κ2) is 83.7. The van der Waals surface area contributed by atoms with Crippen LogP contribution in [0.3, 0.4) is 0 Å². The molecule has 0 aliphatic heterocycles. The molecule has 0 aromatic heterocycles. The number of rotatable bonds is 71. The van der Waals surface area contributed by atoms with Crippen LogP contribution in [0.5, 0.6) is 0 Å². The lowest BCUT2D eigenvalue weighted by atomic mass is 10.1. The molecule has 1 N–H and O–H groups in total. The molecule has 0 aromatic carbocycles. The van der Waals surface area contributed by atoms with Gasteiger partial charge in [0.2, 0.25) is 0 Å². The minimum atomic E-state index is -1.55. The number of carboxylic acid groups (broad SMARTS) is 1. The number of quaternary nitrogens is 1. The van der Waals surface area contributed by atoms with Crippen LogP contribution in [0.4, 0.5) is 0 Å². The van der Waals surface area contributed by atoms with Crippen LogP contribution < -0.4 is 0 Å². The SMILES string of the molecule is CC/C=C\C/C=C\C/C=C\C/C=C\C/C=C\C/C=C\C/C=C\C/C=C\C/C=C\C/C=C\C/C=C\C/C=C\CCCCCCC(=O)OCC(COC(OCC[N+](C)(C)C)C(=O)O)OC(=O)CCCCCC/C=C\C/C=C\C/C=C\C/C=C\C/C=C\C/C=C\C/C=C\C/C=C\C/C=C\C/C=C\C/C=C\C/C=C\CC. The lowest BCUT2D eigenvalue weighted by Crippen LogP contribution is -2.40. The van der Waals surface area contributed by atoms with Crippen LogP contribution in [0.1, 0.15) is 245 Å². The summed E-state index contributed by atoms with van der Waals surface area (Å²) in [4.78, 5) is 37.7. The maximum absolute atomic E-state index is 13.0. The lowest BCUT2D eigenvalue weighted by Gasteiger charge is -2.25. The van der Waals surface area contributed by atoms with Crippen LogP contribution in [-0.4, -0.2) is 87.4 Å². The molecular weight excluding hydrogens is 1320 g/mol. The molecule has 0 saturated carbocycles. The van der Waals surface area contributed by atoms with Crippen molar-refractivity contribution in [2.24, 2.45) is 0 Å². The Labute approximate surface area is 653 Å². The molecule has 2 atom stereocenters. The molecule has 0 aliphatic carbocycles.